The first-order valence-electron chi connectivity index (χ1n) is 6.28. The first-order valence-corrected chi connectivity index (χ1v) is 6.28. The molecule has 0 saturated carbocycles. The topological polar surface area (TPSA) is 55.8 Å². The van der Waals surface area contributed by atoms with Crippen molar-refractivity contribution in [2.75, 3.05) is 7.11 Å². The Morgan fingerprint density at radius 1 is 1.29 bits per heavy atom. The molecule has 0 heterocycles. The van der Waals surface area contributed by atoms with Gasteiger partial charge in [-0.2, -0.15) is 0 Å². The molecule has 4 nitrogen and oxygen atoms in total. The smallest absolute Gasteiger partial charge is 0.469 e. The average Bonchev–Trinajstić information content (AvgIpc) is 2.37. The van der Waals surface area contributed by atoms with Crippen molar-refractivity contribution < 1.29 is 32.5 Å². The lowest BCUT2D eigenvalue weighted by Crippen LogP contribution is -2.37. The van der Waals surface area contributed by atoms with Crippen LogP contribution < -0.4 is 4.74 Å². The van der Waals surface area contributed by atoms with Crippen molar-refractivity contribution in [1.82, 2.24) is 0 Å². The van der Waals surface area contributed by atoms with Gasteiger partial charge in [0.2, 0.25) is 0 Å². The Kier molecular flexibility index (Phi) is 5.22. The Hall–Kier alpha value is -1.76. The van der Waals surface area contributed by atoms with E-state index in [4.69, 9.17) is 0 Å². The number of aliphatic hydroxyl groups is 1. The van der Waals surface area contributed by atoms with Gasteiger partial charge in [-0.25, -0.2) is 0 Å². The van der Waals surface area contributed by atoms with E-state index in [1.807, 2.05) is 0 Å². The van der Waals surface area contributed by atoms with E-state index in [1.165, 1.54) is 26.2 Å². The Balaban J connectivity index is 3.01. The number of carbonyl (C=O) groups is 1. The second-order valence-electron chi connectivity index (χ2n) is 4.70. The number of esters is 1. The number of rotatable bonds is 5. The van der Waals surface area contributed by atoms with E-state index in [0.29, 0.717) is 12.0 Å². The van der Waals surface area contributed by atoms with Gasteiger partial charge in [0.1, 0.15) is 11.4 Å². The van der Waals surface area contributed by atoms with Crippen LogP contribution >= 0.6 is 0 Å². The van der Waals surface area contributed by atoms with Crippen LogP contribution in [-0.4, -0.2) is 24.5 Å². The van der Waals surface area contributed by atoms with Crippen molar-refractivity contribution in [2.24, 2.45) is 5.92 Å². The Morgan fingerprint density at radius 2 is 1.81 bits per heavy atom. The Morgan fingerprint density at radius 3 is 2.19 bits per heavy atom. The molecule has 0 aliphatic carbocycles. The highest BCUT2D eigenvalue weighted by atomic mass is 19.4. The molecular formula is C14H17F3O4. The predicted molar refractivity (Wildman–Crippen MR) is 68.5 cm³/mol. The van der Waals surface area contributed by atoms with E-state index < -0.39 is 29.6 Å². The van der Waals surface area contributed by atoms with Crippen molar-refractivity contribution in [3.63, 3.8) is 0 Å². The third kappa shape index (κ3) is 4.35. The molecule has 0 bridgehead atoms. The van der Waals surface area contributed by atoms with Crippen LogP contribution in [0.1, 0.15) is 25.8 Å². The lowest BCUT2D eigenvalue weighted by atomic mass is 9.81. The third-order valence-electron chi connectivity index (χ3n) is 3.24. The molecule has 0 aliphatic heterocycles. The zero-order chi connectivity index (χ0) is 16.3. The lowest BCUT2D eigenvalue weighted by Gasteiger charge is -2.30. The summed E-state index contributed by atoms with van der Waals surface area (Å²) < 4.78 is 44.6. The van der Waals surface area contributed by atoms with Gasteiger partial charge in [0.15, 0.2) is 0 Å². The van der Waals surface area contributed by atoms with Crippen LogP contribution in [-0.2, 0) is 15.1 Å². The Bertz CT molecular complexity index is 480. The van der Waals surface area contributed by atoms with Gasteiger partial charge in [0.05, 0.1) is 13.0 Å². The predicted octanol–water partition coefficient (Wildman–Crippen LogP) is 2.99. The van der Waals surface area contributed by atoms with Gasteiger partial charge in [-0.15, -0.1) is 13.2 Å². The molecule has 1 aromatic carbocycles. The monoisotopic (exact) mass is 306 g/mol. The number of hydrogen-bond acceptors (Lipinski definition) is 4. The van der Waals surface area contributed by atoms with E-state index in [-0.39, 0.29) is 0 Å². The fourth-order valence-corrected chi connectivity index (χ4v) is 2.13. The molecule has 1 N–H and O–H groups in total. The molecule has 0 amide bonds. The van der Waals surface area contributed by atoms with Gasteiger partial charge in [-0.05, 0) is 31.0 Å². The highest BCUT2D eigenvalue weighted by Crippen LogP contribution is 2.34. The van der Waals surface area contributed by atoms with Crippen LogP contribution in [0.25, 0.3) is 0 Å². The van der Waals surface area contributed by atoms with E-state index in [0.717, 1.165) is 12.1 Å². The van der Waals surface area contributed by atoms with Crippen LogP contribution in [0.2, 0.25) is 0 Å². The minimum absolute atomic E-state index is 0.300. The molecule has 0 saturated heterocycles. The van der Waals surface area contributed by atoms with Gasteiger partial charge in [0.25, 0.3) is 0 Å². The molecule has 0 aromatic heterocycles. The zero-order valence-corrected chi connectivity index (χ0v) is 11.9. The highest BCUT2D eigenvalue weighted by Gasteiger charge is 2.38. The minimum Gasteiger partial charge on any atom is -0.469 e. The summed E-state index contributed by atoms with van der Waals surface area (Å²) in [5.74, 6) is -1.80. The second-order valence-corrected chi connectivity index (χ2v) is 4.70. The highest BCUT2D eigenvalue weighted by molar-refractivity contribution is 5.74. The van der Waals surface area contributed by atoms with E-state index in [9.17, 15) is 23.1 Å². The Labute approximate surface area is 120 Å². The maximum Gasteiger partial charge on any atom is 0.573 e. The van der Waals surface area contributed by atoms with Gasteiger partial charge < -0.3 is 14.6 Å². The van der Waals surface area contributed by atoms with Crippen LogP contribution in [0, 0.1) is 5.92 Å². The molecule has 21 heavy (non-hydrogen) atoms. The SMILES string of the molecule is CCC(C(=O)OC)C(C)(O)c1ccc(OC(F)(F)F)cc1. The number of hydrogen-bond donors (Lipinski definition) is 1. The largest absolute Gasteiger partial charge is 0.573 e. The van der Waals surface area contributed by atoms with Crippen molar-refractivity contribution in [3.8, 4) is 5.75 Å². The maximum absolute atomic E-state index is 12.1. The molecule has 0 aliphatic rings. The molecule has 1 aromatic rings. The number of ether oxygens (including phenoxy) is 2. The molecule has 1 rings (SSSR count). The lowest BCUT2D eigenvalue weighted by molar-refractivity contribution is -0.274. The number of alkyl halides is 3. The summed E-state index contributed by atoms with van der Waals surface area (Å²) in [6.07, 6.45) is -4.46. The van der Waals surface area contributed by atoms with Crippen LogP contribution in [0.4, 0.5) is 13.2 Å². The summed E-state index contributed by atoms with van der Waals surface area (Å²) >= 11 is 0. The first kappa shape index (κ1) is 17.3. The molecule has 0 fully saturated rings. The molecule has 2 atom stereocenters. The van der Waals surface area contributed by atoms with Crippen molar-refractivity contribution >= 4 is 5.97 Å². The summed E-state index contributed by atoms with van der Waals surface area (Å²) in [7, 11) is 1.21. The molecule has 2 unspecified atom stereocenters. The number of benzene rings is 1. The van der Waals surface area contributed by atoms with Crippen molar-refractivity contribution in [3.05, 3.63) is 29.8 Å². The summed E-state index contributed by atoms with van der Waals surface area (Å²) in [5, 5.41) is 10.5. The number of methoxy groups -OCH3 is 1. The second kappa shape index (κ2) is 6.34. The van der Waals surface area contributed by atoms with Gasteiger partial charge in [-0.1, -0.05) is 19.1 Å². The van der Waals surface area contributed by atoms with Gasteiger partial charge >= 0.3 is 12.3 Å². The minimum atomic E-state index is -4.78. The molecular weight excluding hydrogens is 289 g/mol. The fraction of sp³-hybridized carbons (Fsp3) is 0.500. The summed E-state index contributed by atoms with van der Waals surface area (Å²) in [5.41, 5.74) is -1.26. The van der Waals surface area contributed by atoms with Crippen LogP contribution in [0.15, 0.2) is 24.3 Å². The zero-order valence-electron chi connectivity index (χ0n) is 11.9. The molecule has 0 spiro atoms. The van der Waals surface area contributed by atoms with E-state index in [2.05, 4.69) is 9.47 Å². The van der Waals surface area contributed by atoms with Gasteiger partial charge in [0, 0.05) is 0 Å². The van der Waals surface area contributed by atoms with Gasteiger partial charge in [-0.3, -0.25) is 4.79 Å². The first-order chi connectivity index (χ1) is 9.61. The number of carbonyl (C=O) groups excluding carboxylic acids is 1. The quantitative estimate of drug-likeness (QED) is 0.850. The van der Waals surface area contributed by atoms with Crippen LogP contribution in [0.3, 0.4) is 0 Å². The summed E-state index contributed by atoms with van der Waals surface area (Å²) in [4.78, 5) is 11.7. The van der Waals surface area contributed by atoms with E-state index in [1.54, 1.807) is 6.92 Å². The molecule has 0 radical (unpaired) electrons. The molecule has 7 heteroatoms. The standard InChI is InChI=1S/C14H17F3O4/c1-4-11(12(18)20-3)13(2,19)9-5-7-10(8-6-9)21-14(15,16)17/h5-8,11,19H,4H2,1-3H3. The van der Waals surface area contributed by atoms with Crippen molar-refractivity contribution in [1.29, 1.82) is 0 Å². The van der Waals surface area contributed by atoms with E-state index >= 15 is 0 Å². The fourth-order valence-electron chi connectivity index (χ4n) is 2.13. The normalized spacial score (nSPS) is 16.0. The van der Waals surface area contributed by atoms with Crippen LogP contribution in [0.5, 0.6) is 5.75 Å². The third-order valence-corrected chi connectivity index (χ3v) is 3.24. The number of halogens is 3. The van der Waals surface area contributed by atoms with Crippen molar-refractivity contribution in [2.45, 2.75) is 32.2 Å². The molecule has 118 valence electrons. The summed E-state index contributed by atoms with van der Waals surface area (Å²) in [6.45, 7) is 3.12. The maximum atomic E-state index is 12.1. The average molecular weight is 306 g/mol. The summed E-state index contributed by atoms with van der Waals surface area (Å²) in [6, 6.07) is 4.74.